The fraction of sp³-hybridized carbons (Fsp3) is 0.588. The van der Waals surface area contributed by atoms with Gasteiger partial charge in [0.25, 0.3) is 5.91 Å². The Labute approximate surface area is 141 Å². The first-order valence-electron chi connectivity index (χ1n) is 8.29. The summed E-state index contributed by atoms with van der Waals surface area (Å²) in [6.07, 6.45) is 3.95. The Kier molecular flexibility index (Phi) is 4.71. The average Bonchev–Trinajstić information content (AvgIpc) is 3.04. The van der Waals surface area contributed by atoms with Crippen molar-refractivity contribution in [1.82, 2.24) is 14.8 Å². The van der Waals surface area contributed by atoms with Gasteiger partial charge in [-0.3, -0.25) is 9.59 Å². The van der Waals surface area contributed by atoms with Crippen LogP contribution in [0.2, 0.25) is 0 Å². The molecule has 7 nitrogen and oxygen atoms in total. The molecule has 2 aliphatic rings. The molecule has 0 radical (unpaired) electrons. The Morgan fingerprint density at radius 2 is 2.25 bits per heavy atom. The molecule has 1 spiro atoms. The molecule has 1 atom stereocenters. The molecule has 130 valence electrons. The number of hydrogen-bond acceptors (Lipinski definition) is 5. The van der Waals surface area contributed by atoms with E-state index in [0.29, 0.717) is 44.0 Å². The number of β-amino-alcohol motifs (C(OH)–C–C–N with tert-alkyl or cyclic N) is 1. The number of likely N-dealkylation sites (tertiary alicyclic amines) is 2. The van der Waals surface area contributed by atoms with Gasteiger partial charge < -0.3 is 19.6 Å². The summed E-state index contributed by atoms with van der Waals surface area (Å²) in [6.45, 7) is 2.05. The molecule has 2 aliphatic heterocycles. The maximum atomic E-state index is 12.8. The van der Waals surface area contributed by atoms with Crippen molar-refractivity contribution >= 4 is 11.8 Å². The summed E-state index contributed by atoms with van der Waals surface area (Å²) in [5, 5.41) is 9.13. The second-order valence-corrected chi connectivity index (χ2v) is 6.46. The number of carbonyl (C=O) groups is 2. The van der Waals surface area contributed by atoms with Crippen LogP contribution >= 0.6 is 0 Å². The summed E-state index contributed by atoms with van der Waals surface area (Å²) in [6, 6.07) is 3.28. The molecule has 0 saturated carbocycles. The Morgan fingerprint density at radius 3 is 3.00 bits per heavy atom. The first kappa shape index (κ1) is 16.7. The van der Waals surface area contributed by atoms with Crippen LogP contribution in [0.15, 0.2) is 18.3 Å². The fourth-order valence-corrected chi connectivity index (χ4v) is 3.75. The lowest BCUT2D eigenvalue weighted by Gasteiger charge is -2.39. The smallest absolute Gasteiger partial charge is 0.254 e. The quantitative estimate of drug-likeness (QED) is 0.869. The van der Waals surface area contributed by atoms with Crippen LogP contribution in [0.3, 0.4) is 0 Å². The monoisotopic (exact) mass is 333 g/mol. The van der Waals surface area contributed by atoms with Crippen LogP contribution in [0.4, 0.5) is 0 Å². The molecule has 2 fully saturated rings. The predicted molar refractivity (Wildman–Crippen MR) is 86.6 cm³/mol. The summed E-state index contributed by atoms with van der Waals surface area (Å²) in [7, 11) is 1.51. The van der Waals surface area contributed by atoms with Gasteiger partial charge in [0.2, 0.25) is 11.8 Å². The summed E-state index contributed by atoms with van der Waals surface area (Å²) >= 11 is 0. The first-order chi connectivity index (χ1) is 11.6. The first-order valence-corrected chi connectivity index (χ1v) is 8.29. The highest BCUT2D eigenvalue weighted by Gasteiger charge is 2.49. The summed E-state index contributed by atoms with van der Waals surface area (Å²) in [5.74, 6) is 0.377. The number of carbonyl (C=O) groups excluding carboxylic acids is 2. The third-order valence-electron chi connectivity index (χ3n) is 5.03. The Bertz CT molecular complexity index is 634. The number of pyridine rings is 1. The number of piperidine rings is 1. The van der Waals surface area contributed by atoms with E-state index in [9.17, 15) is 9.59 Å². The van der Waals surface area contributed by atoms with Crippen molar-refractivity contribution in [3.8, 4) is 5.88 Å². The lowest BCUT2D eigenvalue weighted by molar-refractivity contribution is -0.146. The van der Waals surface area contributed by atoms with Gasteiger partial charge in [-0.15, -0.1) is 0 Å². The van der Waals surface area contributed by atoms with Crippen LogP contribution in [-0.2, 0) is 4.79 Å². The van der Waals surface area contributed by atoms with Crippen molar-refractivity contribution < 1.29 is 19.4 Å². The molecule has 1 N–H and O–H groups in total. The molecule has 2 amide bonds. The minimum atomic E-state index is -0.486. The average molecular weight is 333 g/mol. The van der Waals surface area contributed by atoms with E-state index in [1.165, 1.54) is 7.11 Å². The number of ether oxygens (including phenoxy) is 1. The third-order valence-corrected chi connectivity index (χ3v) is 5.03. The second-order valence-electron chi connectivity index (χ2n) is 6.46. The van der Waals surface area contributed by atoms with E-state index in [0.717, 1.165) is 12.8 Å². The normalized spacial score (nSPS) is 23.8. The molecular weight excluding hydrogens is 310 g/mol. The zero-order valence-electron chi connectivity index (χ0n) is 13.9. The highest BCUT2D eigenvalue weighted by atomic mass is 16.5. The summed E-state index contributed by atoms with van der Waals surface area (Å²) in [5.41, 5.74) is 0.0367. The number of aliphatic hydroxyl groups excluding tert-OH is 1. The maximum Gasteiger partial charge on any atom is 0.254 e. The van der Waals surface area contributed by atoms with E-state index in [2.05, 4.69) is 4.98 Å². The molecular formula is C17H23N3O4. The number of hydrogen-bond donors (Lipinski definition) is 1. The molecule has 0 bridgehead atoms. The maximum absolute atomic E-state index is 12.8. The molecule has 3 rings (SSSR count). The molecule has 24 heavy (non-hydrogen) atoms. The van der Waals surface area contributed by atoms with Crippen molar-refractivity contribution in [2.75, 3.05) is 39.9 Å². The standard InChI is InChI=1S/C17H23N3O4/c1-24-14-11-13(3-6-18-14)15(22)20-8-5-17(12-20)4-2-7-19(9-10-21)16(17)23/h3,6,11,21H,2,4-5,7-10,12H2,1H3/t17-/m0/s1. The van der Waals surface area contributed by atoms with E-state index >= 15 is 0 Å². The van der Waals surface area contributed by atoms with Gasteiger partial charge in [-0.25, -0.2) is 4.98 Å². The van der Waals surface area contributed by atoms with Gasteiger partial charge >= 0.3 is 0 Å². The van der Waals surface area contributed by atoms with E-state index in [-0.39, 0.29) is 18.4 Å². The van der Waals surface area contributed by atoms with Crippen molar-refractivity contribution in [3.63, 3.8) is 0 Å². The lowest BCUT2D eigenvalue weighted by Crippen LogP contribution is -2.51. The van der Waals surface area contributed by atoms with Crippen molar-refractivity contribution in [2.24, 2.45) is 5.41 Å². The third kappa shape index (κ3) is 2.96. The van der Waals surface area contributed by atoms with Crippen LogP contribution in [0.1, 0.15) is 29.6 Å². The van der Waals surface area contributed by atoms with Crippen LogP contribution in [0.25, 0.3) is 0 Å². The Balaban J connectivity index is 1.74. The number of methoxy groups -OCH3 is 1. The van der Waals surface area contributed by atoms with Gasteiger partial charge in [0.15, 0.2) is 0 Å². The van der Waals surface area contributed by atoms with Crippen molar-refractivity contribution in [3.05, 3.63) is 23.9 Å². The molecule has 2 saturated heterocycles. The number of rotatable bonds is 4. The molecule has 0 unspecified atom stereocenters. The fourth-order valence-electron chi connectivity index (χ4n) is 3.75. The highest BCUT2D eigenvalue weighted by molar-refractivity contribution is 5.95. The second kappa shape index (κ2) is 6.76. The van der Waals surface area contributed by atoms with Crippen LogP contribution < -0.4 is 4.74 Å². The van der Waals surface area contributed by atoms with Gasteiger partial charge in [0.05, 0.1) is 19.1 Å². The van der Waals surface area contributed by atoms with Gasteiger partial charge in [-0.05, 0) is 25.3 Å². The molecule has 1 aromatic rings. The van der Waals surface area contributed by atoms with E-state index < -0.39 is 5.41 Å². The zero-order chi connectivity index (χ0) is 17.2. The Morgan fingerprint density at radius 1 is 1.42 bits per heavy atom. The van der Waals surface area contributed by atoms with E-state index in [1.807, 2.05) is 0 Å². The van der Waals surface area contributed by atoms with Crippen molar-refractivity contribution in [2.45, 2.75) is 19.3 Å². The lowest BCUT2D eigenvalue weighted by atomic mass is 9.78. The number of aromatic nitrogens is 1. The molecule has 3 heterocycles. The van der Waals surface area contributed by atoms with Gasteiger partial charge in [0.1, 0.15) is 0 Å². The minimum absolute atomic E-state index is 0.0265. The molecule has 7 heteroatoms. The van der Waals surface area contributed by atoms with Gasteiger partial charge in [0, 0.05) is 44.0 Å². The summed E-state index contributed by atoms with van der Waals surface area (Å²) in [4.78, 5) is 33.0. The molecule has 0 aromatic carbocycles. The number of amides is 2. The van der Waals surface area contributed by atoms with E-state index in [1.54, 1.807) is 28.1 Å². The summed E-state index contributed by atoms with van der Waals surface area (Å²) < 4.78 is 5.07. The zero-order valence-corrected chi connectivity index (χ0v) is 13.9. The topological polar surface area (TPSA) is 83.0 Å². The van der Waals surface area contributed by atoms with Gasteiger partial charge in [-0.1, -0.05) is 0 Å². The van der Waals surface area contributed by atoms with Crippen LogP contribution in [0.5, 0.6) is 5.88 Å². The van der Waals surface area contributed by atoms with Gasteiger partial charge in [-0.2, -0.15) is 0 Å². The molecule has 1 aromatic heterocycles. The number of aliphatic hydroxyl groups is 1. The largest absolute Gasteiger partial charge is 0.481 e. The predicted octanol–water partition coefficient (Wildman–Crippen LogP) is 0.537. The SMILES string of the molecule is COc1cc(C(=O)N2CC[C@@]3(CCCN(CCO)C3=O)C2)ccn1. The number of nitrogens with zero attached hydrogens (tertiary/aromatic N) is 3. The van der Waals surface area contributed by atoms with Crippen LogP contribution in [0, 0.1) is 5.41 Å². The minimum Gasteiger partial charge on any atom is -0.481 e. The molecule has 0 aliphatic carbocycles. The highest BCUT2D eigenvalue weighted by Crippen LogP contribution is 2.40. The Hall–Kier alpha value is -2.15. The van der Waals surface area contributed by atoms with E-state index in [4.69, 9.17) is 9.84 Å². The van der Waals surface area contributed by atoms with Crippen LogP contribution in [-0.4, -0.2) is 71.6 Å². The van der Waals surface area contributed by atoms with Crippen molar-refractivity contribution in [1.29, 1.82) is 0 Å².